The smallest absolute Gasteiger partial charge is 0.198 e. The molecule has 1 aromatic carbocycles. The molecule has 0 spiro atoms. The number of carbonyl (C=O) groups is 1. The second-order valence-electron chi connectivity index (χ2n) is 3.08. The first kappa shape index (κ1) is 11.5. The summed E-state index contributed by atoms with van der Waals surface area (Å²) in [6, 6.07) is 7.18. The Kier molecular flexibility index (Phi) is 3.50. The maximum atomic E-state index is 12.0. The molecule has 0 amide bonds. The molecule has 2 aromatic rings. The monoisotopic (exact) mass is 343 g/mol. The van der Waals surface area contributed by atoms with Crippen LogP contribution in [0, 0.1) is 0 Å². The molecule has 16 heavy (non-hydrogen) atoms. The minimum Gasteiger partial charge on any atom is -0.291 e. The Labute approximate surface area is 109 Å². The number of carbonyl (C=O) groups excluding carboxylic acids is 1. The first-order chi connectivity index (χ1) is 7.68. The van der Waals surface area contributed by atoms with Gasteiger partial charge in [-0.1, -0.05) is 44.0 Å². The molecule has 82 valence electrons. The molecule has 0 fully saturated rings. The van der Waals surface area contributed by atoms with Crippen LogP contribution in [0.15, 0.2) is 41.4 Å². The quantitative estimate of drug-likeness (QED) is 0.635. The molecule has 0 aliphatic carbocycles. The number of ketones is 1. The van der Waals surface area contributed by atoms with Crippen molar-refractivity contribution in [3.05, 3.63) is 47.0 Å². The molecular weight excluding hydrogens is 338 g/mol. The van der Waals surface area contributed by atoms with Gasteiger partial charge < -0.3 is 0 Å². The second kappa shape index (κ2) is 4.88. The summed E-state index contributed by atoms with van der Waals surface area (Å²) >= 11 is 6.60. The highest BCUT2D eigenvalue weighted by atomic mass is 79.9. The number of halogens is 2. The Morgan fingerprint density at radius 2 is 2.00 bits per heavy atom. The summed E-state index contributed by atoms with van der Waals surface area (Å²) in [4.78, 5) is 15.3. The largest absolute Gasteiger partial charge is 0.291 e. The summed E-state index contributed by atoms with van der Waals surface area (Å²) in [5, 5.41) is 3.91. The normalized spacial score (nSPS) is 12.4. The molecule has 4 nitrogen and oxygen atoms in total. The lowest BCUT2D eigenvalue weighted by atomic mass is 10.1. The molecular formula is C10H7Br2N3O. The van der Waals surface area contributed by atoms with Crippen molar-refractivity contribution >= 4 is 37.6 Å². The van der Waals surface area contributed by atoms with Crippen LogP contribution in [-0.2, 0) is 0 Å². The van der Waals surface area contributed by atoms with Crippen LogP contribution >= 0.6 is 31.9 Å². The van der Waals surface area contributed by atoms with Gasteiger partial charge in [-0.05, 0) is 12.1 Å². The van der Waals surface area contributed by atoms with E-state index in [9.17, 15) is 4.79 Å². The van der Waals surface area contributed by atoms with Gasteiger partial charge in [-0.25, -0.2) is 9.67 Å². The Hall–Kier alpha value is -1.01. The van der Waals surface area contributed by atoms with Crippen LogP contribution in [0.2, 0.25) is 0 Å². The van der Waals surface area contributed by atoms with Crippen molar-refractivity contribution in [2.24, 2.45) is 0 Å². The van der Waals surface area contributed by atoms with E-state index in [0.717, 1.165) is 4.47 Å². The van der Waals surface area contributed by atoms with Gasteiger partial charge in [0.15, 0.2) is 10.7 Å². The zero-order chi connectivity index (χ0) is 11.5. The van der Waals surface area contributed by atoms with Crippen molar-refractivity contribution in [2.45, 2.75) is 4.95 Å². The molecule has 0 radical (unpaired) electrons. The molecule has 6 heteroatoms. The number of aromatic nitrogens is 3. The van der Waals surface area contributed by atoms with Gasteiger partial charge in [0.25, 0.3) is 0 Å². The number of hydrogen-bond donors (Lipinski definition) is 0. The summed E-state index contributed by atoms with van der Waals surface area (Å²) in [5.74, 6) is -0.0574. The van der Waals surface area contributed by atoms with Crippen LogP contribution in [0.5, 0.6) is 0 Å². The van der Waals surface area contributed by atoms with Gasteiger partial charge in [0, 0.05) is 10.0 Å². The number of nitrogens with zero attached hydrogens (tertiary/aromatic N) is 3. The summed E-state index contributed by atoms with van der Waals surface area (Å²) in [6.45, 7) is 0. The van der Waals surface area contributed by atoms with E-state index >= 15 is 0 Å². The second-order valence-corrected chi connectivity index (χ2v) is 4.87. The van der Waals surface area contributed by atoms with Crippen molar-refractivity contribution < 1.29 is 4.79 Å². The maximum Gasteiger partial charge on any atom is 0.198 e. The fraction of sp³-hybridized carbons (Fsp3) is 0.100. The van der Waals surface area contributed by atoms with Crippen LogP contribution in [0.1, 0.15) is 15.3 Å². The van der Waals surface area contributed by atoms with E-state index in [2.05, 4.69) is 41.9 Å². The number of hydrogen-bond acceptors (Lipinski definition) is 3. The van der Waals surface area contributed by atoms with Crippen molar-refractivity contribution in [3.8, 4) is 0 Å². The zero-order valence-electron chi connectivity index (χ0n) is 8.05. The summed E-state index contributed by atoms with van der Waals surface area (Å²) in [7, 11) is 0. The highest BCUT2D eigenvalue weighted by Crippen LogP contribution is 2.20. The fourth-order valence-electron chi connectivity index (χ4n) is 1.21. The Morgan fingerprint density at radius 1 is 1.31 bits per heavy atom. The lowest BCUT2D eigenvalue weighted by Gasteiger charge is -2.08. The van der Waals surface area contributed by atoms with Crippen molar-refractivity contribution in [1.82, 2.24) is 14.8 Å². The third-order valence-electron chi connectivity index (χ3n) is 2.01. The predicted octanol–water partition coefficient (Wildman–Crippen LogP) is 2.82. The third kappa shape index (κ3) is 2.38. The van der Waals surface area contributed by atoms with E-state index < -0.39 is 4.95 Å². The van der Waals surface area contributed by atoms with Crippen LogP contribution < -0.4 is 0 Å². The Bertz CT molecular complexity index is 481. The summed E-state index contributed by atoms with van der Waals surface area (Å²) in [5.41, 5.74) is 0.626. The number of benzene rings is 1. The summed E-state index contributed by atoms with van der Waals surface area (Å²) in [6.07, 6.45) is 2.89. The molecule has 0 saturated heterocycles. The minimum absolute atomic E-state index is 0.0574. The highest BCUT2D eigenvalue weighted by molar-refractivity contribution is 9.10. The lowest BCUT2D eigenvalue weighted by molar-refractivity contribution is 0.0965. The number of alkyl halides is 1. The molecule has 0 N–H and O–H groups in total. The number of Topliss-reactive ketones (excluding diaryl/α,β-unsaturated/α-hetero) is 1. The topological polar surface area (TPSA) is 47.8 Å². The van der Waals surface area contributed by atoms with Crippen LogP contribution in [0.25, 0.3) is 0 Å². The van der Waals surface area contributed by atoms with E-state index in [1.54, 1.807) is 12.1 Å². The molecule has 0 saturated carbocycles. The summed E-state index contributed by atoms with van der Waals surface area (Å²) < 4.78 is 2.40. The first-order valence-electron chi connectivity index (χ1n) is 4.46. The molecule has 1 heterocycles. The van der Waals surface area contributed by atoms with E-state index in [0.29, 0.717) is 5.56 Å². The van der Waals surface area contributed by atoms with Gasteiger partial charge >= 0.3 is 0 Å². The van der Waals surface area contributed by atoms with E-state index in [-0.39, 0.29) is 5.78 Å². The predicted molar refractivity (Wildman–Crippen MR) is 66.5 cm³/mol. The van der Waals surface area contributed by atoms with Gasteiger partial charge in [-0.2, -0.15) is 5.10 Å². The van der Waals surface area contributed by atoms with Crippen LogP contribution in [0.3, 0.4) is 0 Å². The number of rotatable bonds is 3. The van der Waals surface area contributed by atoms with E-state index in [1.165, 1.54) is 17.3 Å². The maximum absolute atomic E-state index is 12.0. The standard InChI is InChI=1S/C10H7Br2N3O/c11-8-3-1-7(2-4-8)9(16)10(12)15-6-13-5-14-15/h1-6,10H. The van der Waals surface area contributed by atoms with Gasteiger partial charge in [0.05, 0.1) is 0 Å². The van der Waals surface area contributed by atoms with Gasteiger partial charge in [0.2, 0.25) is 0 Å². The molecule has 0 aliphatic rings. The SMILES string of the molecule is O=C(c1ccc(Br)cc1)C(Br)n1cncn1. The van der Waals surface area contributed by atoms with Gasteiger partial charge in [-0.3, -0.25) is 4.79 Å². The molecule has 0 bridgehead atoms. The van der Waals surface area contributed by atoms with Gasteiger partial charge in [-0.15, -0.1) is 0 Å². The highest BCUT2D eigenvalue weighted by Gasteiger charge is 2.18. The third-order valence-corrected chi connectivity index (χ3v) is 3.38. The molecule has 0 aliphatic heterocycles. The molecule has 1 atom stereocenters. The van der Waals surface area contributed by atoms with Crippen LogP contribution in [-0.4, -0.2) is 20.5 Å². The minimum atomic E-state index is -0.517. The van der Waals surface area contributed by atoms with Crippen molar-refractivity contribution in [1.29, 1.82) is 0 Å². The zero-order valence-corrected chi connectivity index (χ0v) is 11.2. The molecule has 2 rings (SSSR count). The fourth-order valence-corrected chi connectivity index (χ4v) is 1.95. The van der Waals surface area contributed by atoms with Crippen molar-refractivity contribution in [2.75, 3.05) is 0 Å². The van der Waals surface area contributed by atoms with Gasteiger partial charge in [0.1, 0.15) is 12.7 Å². The van der Waals surface area contributed by atoms with Crippen LogP contribution in [0.4, 0.5) is 0 Å². The average molecular weight is 345 g/mol. The Balaban J connectivity index is 2.22. The van der Waals surface area contributed by atoms with E-state index in [1.807, 2.05) is 12.1 Å². The van der Waals surface area contributed by atoms with E-state index in [4.69, 9.17) is 0 Å². The molecule has 1 aromatic heterocycles. The Morgan fingerprint density at radius 3 is 2.56 bits per heavy atom. The average Bonchev–Trinajstić information content (AvgIpc) is 2.81. The lowest BCUT2D eigenvalue weighted by Crippen LogP contribution is -2.14. The molecule has 1 unspecified atom stereocenters. The van der Waals surface area contributed by atoms with Crippen molar-refractivity contribution in [3.63, 3.8) is 0 Å². The first-order valence-corrected chi connectivity index (χ1v) is 6.17.